The van der Waals surface area contributed by atoms with E-state index in [1.807, 2.05) is 0 Å². The number of ether oxygens (including phenoxy) is 2. The predicted molar refractivity (Wildman–Crippen MR) is 80.1 cm³/mol. The number of carboxylic acids is 1. The number of carbonyl (C=O) groups excluding carboxylic acids is 1. The molecule has 1 unspecified atom stereocenters. The molecule has 116 valence electrons. The fourth-order valence-electron chi connectivity index (χ4n) is 2.09. The highest BCUT2D eigenvalue weighted by atomic mass is 35.5. The third-order valence-corrected chi connectivity index (χ3v) is 3.65. The van der Waals surface area contributed by atoms with Crippen molar-refractivity contribution in [3.8, 4) is 5.75 Å². The molecule has 0 saturated carbocycles. The Morgan fingerprint density at radius 3 is 2.68 bits per heavy atom. The molecular weight excluding hydrogens is 310 g/mol. The highest BCUT2D eigenvalue weighted by Gasteiger charge is 2.49. The first kappa shape index (κ1) is 16.0. The van der Waals surface area contributed by atoms with Crippen LogP contribution in [0.2, 0.25) is 5.02 Å². The number of aliphatic carboxylic acids is 1. The second kappa shape index (κ2) is 6.19. The summed E-state index contributed by atoms with van der Waals surface area (Å²) in [5.41, 5.74) is -1.76. The predicted octanol–water partition coefficient (Wildman–Crippen LogP) is 2.67. The molecule has 0 aliphatic heterocycles. The molecule has 0 bridgehead atoms. The largest absolute Gasteiger partial charge is 0.478 e. The summed E-state index contributed by atoms with van der Waals surface area (Å²) >= 11 is 6.08. The lowest BCUT2D eigenvalue weighted by Gasteiger charge is -2.26. The summed E-state index contributed by atoms with van der Waals surface area (Å²) < 4.78 is 10.1. The van der Waals surface area contributed by atoms with Gasteiger partial charge in [0.25, 0.3) is 0 Å². The van der Waals surface area contributed by atoms with Gasteiger partial charge in [-0.15, -0.1) is 0 Å². The average molecular weight is 324 g/mol. The van der Waals surface area contributed by atoms with Crippen LogP contribution in [-0.4, -0.2) is 34.7 Å². The molecule has 1 aromatic carbocycles. The van der Waals surface area contributed by atoms with E-state index >= 15 is 0 Å². The summed E-state index contributed by atoms with van der Waals surface area (Å²) in [6.45, 7) is 1.52. The maximum absolute atomic E-state index is 11.9. The third kappa shape index (κ3) is 2.57. The van der Waals surface area contributed by atoms with Crippen molar-refractivity contribution in [2.24, 2.45) is 0 Å². The van der Waals surface area contributed by atoms with Crippen LogP contribution in [0.1, 0.15) is 13.3 Å². The summed E-state index contributed by atoms with van der Waals surface area (Å²) in [5, 5.41) is 10.5. The van der Waals surface area contributed by atoms with Crippen molar-refractivity contribution in [3.63, 3.8) is 0 Å². The van der Waals surface area contributed by atoms with Gasteiger partial charge in [0.2, 0.25) is 0 Å². The number of fused-ring (bicyclic) bond motifs is 1. The van der Waals surface area contributed by atoms with Crippen LogP contribution in [0.4, 0.5) is 0 Å². The van der Waals surface area contributed by atoms with Gasteiger partial charge in [-0.1, -0.05) is 18.5 Å². The number of hydrogen-bond donors (Lipinski definition) is 1. The van der Waals surface area contributed by atoms with Crippen LogP contribution >= 0.6 is 11.6 Å². The topological polar surface area (TPSA) is 85.7 Å². The first-order chi connectivity index (χ1) is 10.5. The van der Waals surface area contributed by atoms with Crippen LogP contribution in [0.15, 0.2) is 30.5 Å². The van der Waals surface area contributed by atoms with Crippen LogP contribution in [0.5, 0.6) is 5.75 Å². The van der Waals surface area contributed by atoms with Gasteiger partial charge in [0.1, 0.15) is 11.3 Å². The molecule has 7 heteroatoms. The van der Waals surface area contributed by atoms with Crippen LogP contribution in [0.3, 0.4) is 0 Å². The number of aromatic nitrogens is 1. The highest BCUT2D eigenvalue weighted by molar-refractivity contribution is 6.35. The molecule has 1 aromatic heterocycles. The van der Waals surface area contributed by atoms with E-state index in [1.54, 1.807) is 18.2 Å². The third-order valence-electron chi connectivity index (χ3n) is 3.32. The summed E-state index contributed by atoms with van der Waals surface area (Å²) in [5.74, 6) is -2.27. The van der Waals surface area contributed by atoms with E-state index in [4.69, 9.17) is 16.3 Å². The first-order valence-corrected chi connectivity index (χ1v) is 6.88. The molecule has 0 aliphatic carbocycles. The zero-order chi connectivity index (χ0) is 16.3. The number of carbonyl (C=O) groups is 2. The first-order valence-electron chi connectivity index (χ1n) is 6.50. The highest BCUT2D eigenvalue weighted by Crippen LogP contribution is 2.33. The van der Waals surface area contributed by atoms with Gasteiger partial charge in [0, 0.05) is 18.0 Å². The number of hydrogen-bond acceptors (Lipinski definition) is 5. The van der Waals surface area contributed by atoms with Crippen LogP contribution in [0.25, 0.3) is 10.9 Å². The maximum atomic E-state index is 11.9. The number of carboxylic acid groups (broad SMARTS) is 1. The number of benzene rings is 1. The Morgan fingerprint density at radius 2 is 2.09 bits per heavy atom. The quantitative estimate of drug-likeness (QED) is 0.672. The molecule has 0 saturated heterocycles. The molecule has 2 aromatic rings. The van der Waals surface area contributed by atoms with Gasteiger partial charge in [-0.25, -0.2) is 9.59 Å². The molecule has 0 amide bonds. The molecule has 0 spiro atoms. The standard InChI is InChI=1S/C15H14ClNO5/c1-3-15(13(18)19,14(20)21-2)22-11-7-6-10(16)9-5-4-8-17-12(9)11/h4-8H,3H2,1-2H3,(H,18,19). The van der Waals surface area contributed by atoms with Gasteiger partial charge in [-0.05, 0) is 24.3 Å². The Bertz CT molecular complexity index is 733. The Hall–Kier alpha value is -2.34. The van der Waals surface area contributed by atoms with Crippen molar-refractivity contribution in [3.05, 3.63) is 35.5 Å². The SMILES string of the molecule is CCC(Oc1ccc(Cl)c2cccnc12)(C(=O)O)C(=O)OC. The smallest absolute Gasteiger partial charge is 0.362 e. The zero-order valence-corrected chi connectivity index (χ0v) is 12.8. The molecule has 0 aliphatic rings. The minimum absolute atomic E-state index is 0.105. The molecule has 1 heterocycles. The van der Waals surface area contributed by atoms with E-state index in [2.05, 4.69) is 9.72 Å². The number of methoxy groups -OCH3 is 1. The van der Waals surface area contributed by atoms with Gasteiger partial charge in [-0.2, -0.15) is 0 Å². The lowest BCUT2D eigenvalue weighted by molar-refractivity contribution is -0.174. The van der Waals surface area contributed by atoms with E-state index in [1.165, 1.54) is 19.2 Å². The Balaban J connectivity index is 2.59. The molecule has 0 radical (unpaired) electrons. The fraction of sp³-hybridized carbons (Fsp3) is 0.267. The lowest BCUT2D eigenvalue weighted by atomic mass is 10.0. The van der Waals surface area contributed by atoms with E-state index in [0.717, 1.165) is 7.11 Å². The Kier molecular flexibility index (Phi) is 4.51. The Labute approximate surface area is 131 Å². The van der Waals surface area contributed by atoms with Crippen LogP contribution in [-0.2, 0) is 14.3 Å². The zero-order valence-electron chi connectivity index (χ0n) is 12.0. The van der Waals surface area contributed by atoms with Crippen molar-refractivity contribution in [2.75, 3.05) is 7.11 Å². The van der Waals surface area contributed by atoms with Gasteiger partial charge >= 0.3 is 17.5 Å². The molecule has 22 heavy (non-hydrogen) atoms. The Morgan fingerprint density at radius 1 is 1.36 bits per heavy atom. The summed E-state index contributed by atoms with van der Waals surface area (Å²) in [6, 6.07) is 6.46. The van der Waals surface area contributed by atoms with Crippen molar-refractivity contribution in [2.45, 2.75) is 18.9 Å². The number of pyridine rings is 1. The summed E-state index contributed by atoms with van der Waals surface area (Å²) in [7, 11) is 1.11. The van der Waals surface area contributed by atoms with E-state index < -0.39 is 17.5 Å². The number of halogens is 1. The normalized spacial score (nSPS) is 13.4. The van der Waals surface area contributed by atoms with Crippen molar-refractivity contribution in [1.29, 1.82) is 0 Å². The van der Waals surface area contributed by atoms with Crippen LogP contribution < -0.4 is 4.74 Å². The second-order valence-electron chi connectivity index (χ2n) is 4.52. The fourth-order valence-corrected chi connectivity index (χ4v) is 2.30. The van der Waals surface area contributed by atoms with E-state index in [9.17, 15) is 14.7 Å². The summed E-state index contributed by atoms with van der Waals surface area (Å²) in [6.07, 6.45) is 1.42. The average Bonchev–Trinajstić information content (AvgIpc) is 2.54. The summed E-state index contributed by atoms with van der Waals surface area (Å²) in [4.78, 5) is 27.7. The maximum Gasteiger partial charge on any atom is 0.362 e. The van der Waals surface area contributed by atoms with E-state index in [-0.39, 0.29) is 12.2 Å². The molecule has 1 atom stereocenters. The van der Waals surface area contributed by atoms with Crippen LogP contribution in [0, 0.1) is 0 Å². The monoisotopic (exact) mass is 323 g/mol. The molecule has 6 nitrogen and oxygen atoms in total. The molecule has 2 rings (SSSR count). The van der Waals surface area contributed by atoms with Crippen molar-refractivity contribution in [1.82, 2.24) is 4.98 Å². The van der Waals surface area contributed by atoms with Crippen molar-refractivity contribution >= 4 is 34.4 Å². The van der Waals surface area contributed by atoms with Crippen molar-refractivity contribution < 1.29 is 24.2 Å². The van der Waals surface area contributed by atoms with E-state index in [0.29, 0.717) is 15.9 Å². The van der Waals surface area contributed by atoms with Gasteiger partial charge in [0.15, 0.2) is 0 Å². The lowest BCUT2D eigenvalue weighted by Crippen LogP contribution is -2.52. The number of nitrogens with zero attached hydrogens (tertiary/aromatic N) is 1. The van der Waals surface area contributed by atoms with Gasteiger partial charge in [-0.3, -0.25) is 4.98 Å². The molecule has 1 N–H and O–H groups in total. The second-order valence-corrected chi connectivity index (χ2v) is 4.93. The minimum Gasteiger partial charge on any atom is -0.478 e. The van der Waals surface area contributed by atoms with Gasteiger partial charge in [0.05, 0.1) is 12.1 Å². The molecular formula is C15H14ClNO5. The minimum atomic E-state index is -2.13. The molecule has 0 fully saturated rings. The number of esters is 1. The number of rotatable bonds is 5. The van der Waals surface area contributed by atoms with Gasteiger partial charge < -0.3 is 14.6 Å².